The van der Waals surface area contributed by atoms with Gasteiger partial charge in [-0.2, -0.15) is 0 Å². The van der Waals surface area contributed by atoms with E-state index in [4.69, 9.17) is 0 Å². The van der Waals surface area contributed by atoms with Gasteiger partial charge in [-0.3, -0.25) is 9.69 Å². The summed E-state index contributed by atoms with van der Waals surface area (Å²) in [7, 11) is 0. The van der Waals surface area contributed by atoms with E-state index in [0.717, 1.165) is 39.1 Å². The molecule has 3 fully saturated rings. The van der Waals surface area contributed by atoms with Crippen LogP contribution in [-0.4, -0.2) is 61.0 Å². The van der Waals surface area contributed by atoms with Gasteiger partial charge in [0.15, 0.2) is 0 Å². The molecule has 0 aromatic heterocycles. The van der Waals surface area contributed by atoms with Crippen LogP contribution in [0.25, 0.3) is 0 Å². The zero-order valence-electron chi connectivity index (χ0n) is 12.1. The number of fused-ring (bicyclic) bond motifs is 1. The summed E-state index contributed by atoms with van der Waals surface area (Å²) in [5.74, 6) is 1.04. The number of carbonyl (C=O) groups is 1. The first-order valence-electron chi connectivity index (χ1n) is 7.55. The molecule has 0 saturated carbocycles. The standard InChI is InChI=1S/C14H25N3O.2ClH/c18-14(10-12-3-5-15-6-4-12)17-9-8-16-7-1-2-13(16)11-17;;/h12-13,15H,1-11H2;2*1H. The van der Waals surface area contributed by atoms with Crippen LogP contribution in [0, 0.1) is 5.92 Å². The Kier molecular flexibility index (Phi) is 7.59. The van der Waals surface area contributed by atoms with Gasteiger partial charge < -0.3 is 10.2 Å². The molecule has 20 heavy (non-hydrogen) atoms. The predicted molar refractivity (Wildman–Crippen MR) is 85.9 cm³/mol. The summed E-state index contributed by atoms with van der Waals surface area (Å²) in [6, 6.07) is 0.663. The molecule has 118 valence electrons. The largest absolute Gasteiger partial charge is 0.340 e. The lowest BCUT2D eigenvalue weighted by molar-refractivity contribution is -0.135. The number of piperidine rings is 1. The van der Waals surface area contributed by atoms with Crippen LogP contribution in [0.5, 0.6) is 0 Å². The number of amides is 1. The molecule has 0 spiro atoms. The van der Waals surface area contributed by atoms with Crippen molar-refractivity contribution < 1.29 is 4.79 Å². The Labute approximate surface area is 134 Å². The monoisotopic (exact) mass is 323 g/mol. The summed E-state index contributed by atoms with van der Waals surface area (Å²) in [6.45, 7) is 6.48. The predicted octanol–water partition coefficient (Wildman–Crippen LogP) is 1.53. The number of halogens is 2. The van der Waals surface area contributed by atoms with Crippen LogP contribution >= 0.6 is 24.8 Å². The Balaban J connectivity index is 0.000001000. The van der Waals surface area contributed by atoms with Gasteiger partial charge in [-0.25, -0.2) is 0 Å². The molecule has 1 amide bonds. The second-order valence-corrected chi connectivity index (χ2v) is 6.07. The number of carbonyl (C=O) groups excluding carboxylic acids is 1. The average Bonchev–Trinajstić information content (AvgIpc) is 2.87. The van der Waals surface area contributed by atoms with E-state index < -0.39 is 0 Å². The van der Waals surface area contributed by atoms with Crippen LogP contribution in [0.1, 0.15) is 32.1 Å². The molecule has 4 nitrogen and oxygen atoms in total. The molecule has 0 aromatic carbocycles. The molecule has 1 N–H and O–H groups in total. The Morgan fingerprint density at radius 1 is 1.05 bits per heavy atom. The third kappa shape index (κ3) is 4.23. The van der Waals surface area contributed by atoms with Crippen LogP contribution < -0.4 is 5.32 Å². The van der Waals surface area contributed by atoms with Gasteiger partial charge in [-0.15, -0.1) is 24.8 Å². The van der Waals surface area contributed by atoms with E-state index in [1.165, 1.54) is 32.2 Å². The van der Waals surface area contributed by atoms with Crippen molar-refractivity contribution in [1.29, 1.82) is 0 Å². The van der Waals surface area contributed by atoms with E-state index in [1.54, 1.807) is 0 Å². The normalized spacial score (nSPS) is 27.4. The molecule has 1 atom stereocenters. The second-order valence-electron chi connectivity index (χ2n) is 6.07. The quantitative estimate of drug-likeness (QED) is 0.837. The molecular weight excluding hydrogens is 297 g/mol. The second kappa shape index (κ2) is 8.42. The number of rotatable bonds is 2. The number of piperazine rings is 1. The molecule has 3 rings (SSSR count). The van der Waals surface area contributed by atoms with Crippen molar-refractivity contribution >= 4 is 30.7 Å². The molecule has 3 saturated heterocycles. The Hall–Kier alpha value is -0.0300. The molecule has 0 aromatic rings. The lowest BCUT2D eigenvalue weighted by Crippen LogP contribution is -2.52. The number of nitrogens with one attached hydrogen (secondary N) is 1. The molecule has 3 heterocycles. The number of hydrogen-bond acceptors (Lipinski definition) is 3. The summed E-state index contributed by atoms with van der Waals surface area (Å²) >= 11 is 0. The lowest BCUT2D eigenvalue weighted by Gasteiger charge is -2.38. The van der Waals surface area contributed by atoms with Crippen LogP contribution in [-0.2, 0) is 4.79 Å². The van der Waals surface area contributed by atoms with Gasteiger partial charge in [0.25, 0.3) is 0 Å². The van der Waals surface area contributed by atoms with E-state index >= 15 is 0 Å². The van der Waals surface area contributed by atoms with Crippen molar-refractivity contribution in [3.05, 3.63) is 0 Å². The first-order chi connectivity index (χ1) is 8.83. The van der Waals surface area contributed by atoms with Gasteiger partial charge >= 0.3 is 0 Å². The molecular formula is C14H27Cl2N3O. The lowest BCUT2D eigenvalue weighted by atomic mass is 9.94. The Morgan fingerprint density at radius 2 is 1.80 bits per heavy atom. The Morgan fingerprint density at radius 3 is 2.55 bits per heavy atom. The van der Waals surface area contributed by atoms with Crippen molar-refractivity contribution in [3.8, 4) is 0 Å². The van der Waals surface area contributed by atoms with Crippen molar-refractivity contribution in [2.75, 3.05) is 39.3 Å². The minimum atomic E-state index is 0. The molecule has 6 heteroatoms. The van der Waals surface area contributed by atoms with Crippen LogP contribution in [0.3, 0.4) is 0 Å². The van der Waals surface area contributed by atoms with Gasteiger partial charge in [-0.05, 0) is 51.2 Å². The Bertz CT molecular complexity index is 311. The zero-order chi connectivity index (χ0) is 12.4. The fourth-order valence-corrected chi connectivity index (χ4v) is 3.68. The van der Waals surface area contributed by atoms with Gasteiger partial charge in [0, 0.05) is 32.1 Å². The van der Waals surface area contributed by atoms with Crippen molar-refractivity contribution in [2.24, 2.45) is 5.92 Å². The maximum Gasteiger partial charge on any atom is 0.222 e. The SMILES string of the molecule is Cl.Cl.O=C(CC1CCNCC1)N1CCN2CCCC2C1. The molecule has 0 bridgehead atoms. The van der Waals surface area contributed by atoms with Crippen molar-refractivity contribution in [3.63, 3.8) is 0 Å². The van der Waals surface area contributed by atoms with Crippen molar-refractivity contribution in [1.82, 2.24) is 15.1 Å². The van der Waals surface area contributed by atoms with E-state index in [-0.39, 0.29) is 24.8 Å². The first-order valence-corrected chi connectivity index (χ1v) is 7.55. The minimum absolute atomic E-state index is 0. The number of nitrogens with zero attached hydrogens (tertiary/aromatic N) is 2. The zero-order valence-corrected chi connectivity index (χ0v) is 13.7. The van der Waals surface area contributed by atoms with Crippen LogP contribution in [0.15, 0.2) is 0 Å². The molecule has 3 aliphatic rings. The smallest absolute Gasteiger partial charge is 0.222 e. The first kappa shape index (κ1) is 18.0. The molecule has 3 aliphatic heterocycles. The molecule has 0 aliphatic carbocycles. The van der Waals surface area contributed by atoms with Gasteiger partial charge in [0.2, 0.25) is 5.91 Å². The van der Waals surface area contributed by atoms with Crippen LogP contribution in [0.2, 0.25) is 0 Å². The maximum absolute atomic E-state index is 12.3. The summed E-state index contributed by atoms with van der Waals surface area (Å²) in [6.07, 6.45) is 5.75. The minimum Gasteiger partial charge on any atom is -0.340 e. The highest BCUT2D eigenvalue weighted by Crippen LogP contribution is 2.23. The number of hydrogen-bond donors (Lipinski definition) is 1. The summed E-state index contributed by atoms with van der Waals surface area (Å²) in [5, 5.41) is 3.37. The third-order valence-electron chi connectivity index (χ3n) is 4.86. The highest BCUT2D eigenvalue weighted by molar-refractivity contribution is 5.85. The van der Waals surface area contributed by atoms with Gasteiger partial charge in [0.1, 0.15) is 0 Å². The highest BCUT2D eigenvalue weighted by Gasteiger charge is 2.32. The topological polar surface area (TPSA) is 35.6 Å². The van der Waals surface area contributed by atoms with E-state index in [0.29, 0.717) is 17.9 Å². The average molecular weight is 324 g/mol. The maximum atomic E-state index is 12.3. The molecule has 0 radical (unpaired) electrons. The fraction of sp³-hybridized carbons (Fsp3) is 0.929. The van der Waals surface area contributed by atoms with E-state index in [9.17, 15) is 4.79 Å². The fourth-order valence-electron chi connectivity index (χ4n) is 3.68. The van der Waals surface area contributed by atoms with E-state index in [2.05, 4.69) is 15.1 Å². The van der Waals surface area contributed by atoms with Crippen LogP contribution in [0.4, 0.5) is 0 Å². The van der Waals surface area contributed by atoms with Gasteiger partial charge in [0.05, 0.1) is 0 Å². The summed E-state index contributed by atoms with van der Waals surface area (Å²) in [5.41, 5.74) is 0. The van der Waals surface area contributed by atoms with E-state index in [1.807, 2.05) is 0 Å². The summed E-state index contributed by atoms with van der Waals surface area (Å²) < 4.78 is 0. The van der Waals surface area contributed by atoms with Gasteiger partial charge in [-0.1, -0.05) is 0 Å². The highest BCUT2D eigenvalue weighted by atomic mass is 35.5. The summed E-state index contributed by atoms with van der Waals surface area (Å²) in [4.78, 5) is 17.0. The molecule has 1 unspecified atom stereocenters. The third-order valence-corrected chi connectivity index (χ3v) is 4.86. The van der Waals surface area contributed by atoms with Crippen molar-refractivity contribution in [2.45, 2.75) is 38.1 Å².